The lowest BCUT2D eigenvalue weighted by atomic mass is 10.1. The molecule has 0 bridgehead atoms. The number of nitrogens with zero attached hydrogens (tertiary/aromatic N) is 2. The van der Waals surface area contributed by atoms with Gasteiger partial charge in [0, 0.05) is 23.2 Å². The number of halogens is 1. The second-order valence-corrected chi connectivity index (χ2v) is 7.17. The molecule has 0 amide bonds. The van der Waals surface area contributed by atoms with Gasteiger partial charge in [0.25, 0.3) is 0 Å². The van der Waals surface area contributed by atoms with Crippen LogP contribution < -0.4 is 4.72 Å². The number of pyridine rings is 2. The van der Waals surface area contributed by atoms with Gasteiger partial charge in [0.15, 0.2) is 0 Å². The molecule has 5 heteroatoms. The van der Waals surface area contributed by atoms with Gasteiger partial charge in [-0.15, -0.1) is 0 Å². The van der Waals surface area contributed by atoms with Crippen LogP contribution in [0.1, 0.15) is 5.56 Å². The maximum absolute atomic E-state index is 6.26. The van der Waals surface area contributed by atoms with Crippen molar-refractivity contribution in [3.8, 4) is 11.3 Å². The van der Waals surface area contributed by atoms with Crippen molar-refractivity contribution >= 4 is 34.6 Å². The molecular formula is C21H16ClN3S. The van der Waals surface area contributed by atoms with Gasteiger partial charge >= 0.3 is 0 Å². The van der Waals surface area contributed by atoms with Gasteiger partial charge in [0.2, 0.25) is 0 Å². The van der Waals surface area contributed by atoms with Gasteiger partial charge in [-0.25, -0.2) is 4.98 Å². The van der Waals surface area contributed by atoms with Crippen LogP contribution in [0.4, 0.5) is 0 Å². The summed E-state index contributed by atoms with van der Waals surface area (Å²) in [6.45, 7) is 0.811. The summed E-state index contributed by atoms with van der Waals surface area (Å²) in [5.41, 5.74) is 4.73. The highest BCUT2D eigenvalue weighted by molar-refractivity contribution is 7.97. The van der Waals surface area contributed by atoms with E-state index in [1.54, 1.807) is 24.2 Å². The summed E-state index contributed by atoms with van der Waals surface area (Å²) in [5, 5.41) is 0.618. The van der Waals surface area contributed by atoms with Crippen LogP contribution in [-0.4, -0.2) is 9.97 Å². The first kappa shape index (κ1) is 17.0. The molecule has 0 aliphatic heterocycles. The lowest BCUT2D eigenvalue weighted by molar-refractivity contribution is 0.975. The third kappa shape index (κ3) is 3.88. The number of aromatic nitrogens is 2. The molecule has 128 valence electrons. The Morgan fingerprint density at radius 3 is 2.69 bits per heavy atom. The van der Waals surface area contributed by atoms with Crippen molar-refractivity contribution in [3.05, 3.63) is 89.6 Å². The number of rotatable bonds is 5. The van der Waals surface area contributed by atoms with Crippen LogP contribution >= 0.6 is 23.5 Å². The van der Waals surface area contributed by atoms with Crippen molar-refractivity contribution < 1.29 is 0 Å². The van der Waals surface area contributed by atoms with Gasteiger partial charge in [0.1, 0.15) is 5.52 Å². The Morgan fingerprint density at radius 1 is 0.923 bits per heavy atom. The Hall–Kier alpha value is -2.40. The van der Waals surface area contributed by atoms with Crippen molar-refractivity contribution in [2.45, 2.75) is 11.4 Å². The fourth-order valence-electron chi connectivity index (χ4n) is 2.67. The Bertz CT molecular complexity index is 1040. The zero-order chi connectivity index (χ0) is 17.8. The number of hydrogen-bond acceptors (Lipinski definition) is 4. The maximum atomic E-state index is 6.26. The van der Waals surface area contributed by atoms with E-state index in [0.29, 0.717) is 5.02 Å². The average Bonchev–Trinajstić information content (AvgIpc) is 2.69. The largest absolute Gasteiger partial charge is 0.255 e. The van der Waals surface area contributed by atoms with E-state index >= 15 is 0 Å². The zero-order valence-electron chi connectivity index (χ0n) is 13.9. The van der Waals surface area contributed by atoms with Gasteiger partial charge in [-0.2, -0.15) is 0 Å². The van der Waals surface area contributed by atoms with E-state index in [9.17, 15) is 0 Å². The van der Waals surface area contributed by atoms with E-state index in [0.717, 1.165) is 33.7 Å². The number of nitrogens with one attached hydrogen (secondary N) is 1. The van der Waals surface area contributed by atoms with Crippen LogP contribution in [-0.2, 0) is 6.54 Å². The molecule has 3 nitrogen and oxygen atoms in total. The minimum absolute atomic E-state index is 0.618. The first-order chi connectivity index (χ1) is 12.8. The average molecular weight is 378 g/mol. The predicted molar refractivity (Wildman–Crippen MR) is 109 cm³/mol. The Balaban J connectivity index is 1.53. The molecular weight excluding hydrogens is 362 g/mol. The van der Waals surface area contributed by atoms with E-state index in [-0.39, 0.29) is 0 Å². The molecule has 0 aliphatic rings. The fourth-order valence-corrected chi connectivity index (χ4v) is 3.61. The summed E-state index contributed by atoms with van der Waals surface area (Å²) in [5.74, 6) is 0. The number of benzene rings is 2. The molecule has 0 unspecified atom stereocenters. The van der Waals surface area contributed by atoms with Crippen molar-refractivity contribution in [1.82, 2.24) is 14.7 Å². The lowest BCUT2D eigenvalue weighted by Crippen LogP contribution is -2.02. The topological polar surface area (TPSA) is 37.8 Å². The van der Waals surface area contributed by atoms with Crippen LogP contribution in [0, 0.1) is 0 Å². The normalized spacial score (nSPS) is 11.0. The summed E-state index contributed by atoms with van der Waals surface area (Å²) in [6, 6.07) is 24.4. The molecule has 1 N–H and O–H groups in total. The Morgan fingerprint density at radius 2 is 1.81 bits per heavy atom. The smallest absolute Gasteiger partial charge is 0.108 e. The molecule has 4 aromatic rings. The van der Waals surface area contributed by atoms with E-state index in [2.05, 4.69) is 45.0 Å². The molecule has 2 heterocycles. The Kier molecular flexibility index (Phi) is 5.16. The zero-order valence-corrected chi connectivity index (χ0v) is 15.5. The molecule has 0 spiro atoms. The summed E-state index contributed by atoms with van der Waals surface area (Å²) in [6.07, 6.45) is 1.70. The van der Waals surface area contributed by atoms with Gasteiger partial charge in [-0.3, -0.25) is 9.71 Å². The third-order valence-corrected chi connectivity index (χ3v) is 5.06. The molecule has 2 aromatic heterocycles. The van der Waals surface area contributed by atoms with Gasteiger partial charge < -0.3 is 0 Å². The minimum Gasteiger partial charge on any atom is -0.255 e. The highest BCUT2D eigenvalue weighted by Gasteiger charge is 2.06. The van der Waals surface area contributed by atoms with E-state index in [4.69, 9.17) is 11.6 Å². The van der Waals surface area contributed by atoms with Crippen LogP contribution in [0.15, 0.2) is 83.9 Å². The third-order valence-electron chi connectivity index (χ3n) is 3.97. The predicted octanol–water partition coefficient (Wildman–Crippen LogP) is 5.75. The minimum atomic E-state index is 0.618. The van der Waals surface area contributed by atoms with Gasteiger partial charge in [-0.1, -0.05) is 54.1 Å². The summed E-state index contributed by atoms with van der Waals surface area (Å²) >= 11 is 7.87. The maximum Gasteiger partial charge on any atom is 0.108 e. The Labute approximate surface area is 161 Å². The summed E-state index contributed by atoms with van der Waals surface area (Å²) < 4.78 is 3.40. The standard InChI is InChI=1S/C21H16ClN3S/c22-18-11-12-23-20-10-9-19(25-21(18)20)16-7-4-8-17(13-16)26-24-14-15-5-2-1-3-6-15/h1-13,24H,14H2. The van der Waals surface area contributed by atoms with Crippen LogP contribution in [0.5, 0.6) is 0 Å². The van der Waals surface area contributed by atoms with Crippen molar-refractivity contribution in [2.24, 2.45) is 0 Å². The first-order valence-corrected chi connectivity index (χ1v) is 9.44. The molecule has 0 saturated carbocycles. The molecule has 2 aromatic carbocycles. The number of fused-ring (bicyclic) bond motifs is 1. The molecule has 0 aliphatic carbocycles. The second-order valence-electron chi connectivity index (χ2n) is 5.79. The molecule has 0 atom stereocenters. The van der Waals surface area contributed by atoms with E-state index in [1.165, 1.54) is 5.56 Å². The molecule has 0 radical (unpaired) electrons. The van der Waals surface area contributed by atoms with Crippen molar-refractivity contribution in [2.75, 3.05) is 0 Å². The van der Waals surface area contributed by atoms with Gasteiger partial charge in [-0.05, 0) is 47.8 Å². The fraction of sp³-hybridized carbons (Fsp3) is 0.0476. The monoisotopic (exact) mass is 377 g/mol. The summed E-state index contributed by atoms with van der Waals surface area (Å²) in [7, 11) is 0. The molecule has 0 saturated heterocycles. The van der Waals surface area contributed by atoms with E-state index in [1.807, 2.05) is 36.4 Å². The number of hydrogen-bond donors (Lipinski definition) is 1. The van der Waals surface area contributed by atoms with Crippen LogP contribution in [0.3, 0.4) is 0 Å². The molecule has 4 rings (SSSR count). The summed E-state index contributed by atoms with van der Waals surface area (Å²) in [4.78, 5) is 10.1. The first-order valence-electron chi connectivity index (χ1n) is 8.25. The molecule has 26 heavy (non-hydrogen) atoms. The van der Waals surface area contributed by atoms with Gasteiger partial charge in [0.05, 0.1) is 16.2 Å². The highest BCUT2D eigenvalue weighted by Crippen LogP contribution is 2.27. The lowest BCUT2D eigenvalue weighted by Gasteiger charge is -2.07. The molecule has 0 fully saturated rings. The van der Waals surface area contributed by atoms with Crippen molar-refractivity contribution in [1.29, 1.82) is 0 Å². The quantitative estimate of drug-likeness (QED) is 0.449. The second kappa shape index (κ2) is 7.87. The van der Waals surface area contributed by atoms with Crippen LogP contribution in [0.2, 0.25) is 5.02 Å². The highest BCUT2D eigenvalue weighted by atomic mass is 35.5. The van der Waals surface area contributed by atoms with E-state index < -0.39 is 0 Å². The van der Waals surface area contributed by atoms with Crippen LogP contribution in [0.25, 0.3) is 22.3 Å². The van der Waals surface area contributed by atoms with Crippen molar-refractivity contribution in [3.63, 3.8) is 0 Å². The SMILES string of the molecule is Clc1ccnc2ccc(-c3cccc(SNCc4ccccc4)c3)nc12.